The van der Waals surface area contributed by atoms with Gasteiger partial charge in [0, 0.05) is 19.3 Å². The lowest BCUT2D eigenvalue weighted by Gasteiger charge is -2.08. The molecule has 0 bridgehead atoms. The number of amides is 1. The first-order chi connectivity index (χ1) is 9.24. The highest BCUT2D eigenvalue weighted by atomic mass is 16.3. The van der Waals surface area contributed by atoms with Crippen molar-refractivity contribution in [2.75, 3.05) is 0 Å². The van der Waals surface area contributed by atoms with Gasteiger partial charge in [-0.25, -0.2) is 0 Å². The maximum absolute atomic E-state index is 11.9. The summed E-state index contributed by atoms with van der Waals surface area (Å²) in [6, 6.07) is 7.48. The molecular weight excluding hydrogens is 242 g/mol. The largest absolute Gasteiger partial charge is 0.392 e. The molecule has 0 aliphatic carbocycles. The summed E-state index contributed by atoms with van der Waals surface area (Å²) in [5, 5.41) is 16.1. The number of hydrogen-bond acceptors (Lipinski definition) is 3. The molecule has 0 aliphatic heterocycles. The average molecular weight is 259 g/mol. The quantitative estimate of drug-likeness (QED) is 0.851. The van der Waals surface area contributed by atoms with Crippen LogP contribution in [0, 0.1) is 0 Å². The predicted molar refractivity (Wildman–Crippen MR) is 71.4 cm³/mol. The van der Waals surface area contributed by atoms with Crippen molar-refractivity contribution in [2.24, 2.45) is 0 Å². The van der Waals surface area contributed by atoms with Crippen LogP contribution in [0.1, 0.15) is 28.4 Å². The number of aliphatic hydroxyl groups is 1. The number of nitrogens with zero attached hydrogens (tertiary/aromatic N) is 2. The average Bonchev–Trinajstić information content (AvgIpc) is 2.94. The van der Waals surface area contributed by atoms with Crippen molar-refractivity contribution in [1.29, 1.82) is 0 Å². The number of benzene rings is 1. The van der Waals surface area contributed by atoms with Gasteiger partial charge in [-0.15, -0.1) is 0 Å². The summed E-state index contributed by atoms with van der Waals surface area (Å²) >= 11 is 0. The minimum Gasteiger partial charge on any atom is -0.392 e. The molecule has 5 heteroatoms. The maximum atomic E-state index is 11.9. The minimum atomic E-state index is -0.160. The van der Waals surface area contributed by atoms with Gasteiger partial charge in [0.15, 0.2) is 0 Å². The lowest BCUT2D eigenvalue weighted by molar-refractivity contribution is 0.0950. The number of hydrogen-bond donors (Lipinski definition) is 2. The van der Waals surface area contributed by atoms with E-state index in [4.69, 9.17) is 0 Å². The Morgan fingerprint density at radius 1 is 1.37 bits per heavy atom. The van der Waals surface area contributed by atoms with Gasteiger partial charge in [-0.3, -0.25) is 9.48 Å². The van der Waals surface area contributed by atoms with Crippen molar-refractivity contribution < 1.29 is 9.90 Å². The molecule has 0 radical (unpaired) electrons. The molecule has 0 saturated heterocycles. The van der Waals surface area contributed by atoms with Crippen LogP contribution in [0.4, 0.5) is 0 Å². The standard InChI is InChI=1S/C14H17N3O2/c1-2-17-9-13(8-16-17)14(19)15-7-11-5-3-4-6-12(11)10-18/h3-6,8-9,18H,2,7,10H2,1H3,(H,15,19). The Morgan fingerprint density at radius 2 is 2.11 bits per heavy atom. The molecule has 19 heavy (non-hydrogen) atoms. The summed E-state index contributed by atoms with van der Waals surface area (Å²) in [5.41, 5.74) is 2.29. The predicted octanol–water partition coefficient (Wildman–Crippen LogP) is 1.33. The lowest BCUT2D eigenvalue weighted by Crippen LogP contribution is -2.23. The summed E-state index contributed by atoms with van der Waals surface area (Å²) in [7, 11) is 0. The van der Waals surface area contributed by atoms with Crippen LogP contribution >= 0.6 is 0 Å². The second kappa shape index (κ2) is 6.15. The third-order valence-corrected chi connectivity index (χ3v) is 2.95. The Morgan fingerprint density at radius 3 is 2.74 bits per heavy atom. The zero-order chi connectivity index (χ0) is 13.7. The van der Waals surface area contributed by atoms with E-state index in [9.17, 15) is 9.90 Å². The molecule has 1 amide bonds. The number of aliphatic hydroxyl groups excluding tert-OH is 1. The number of aryl methyl sites for hydroxylation is 1. The monoisotopic (exact) mass is 259 g/mol. The fourth-order valence-corrected chi connectivity index (χ4v) is 1.82. The lowest BCUT2D eigenvalue weighted by atomic mass is 10.1. The molecule has 2 N–H and O–H groups in total. The van der Waals surface area contributed by atoms with E-state index >= 15 is 0 Å². The Balaban J connectivity index is 2.00. The van der Waals surface area contributed by atoms with E-state index in [1.807, 2.05) is 31.2 Å². The zero-order valence-corrected chi connectivity index (χ0v) is 10.8. The SMILES string of the molecule is CCn1cc(C(=O)NCc2ccccc2CO)cn1. The van der Waals surface area contributed by atoms with Crippen LogP contribution in [-0.4, -0.2) is 20.8 Å². The first-order valence-electron chi connectivity index (χ1n) is 6.23. The van der Waals surface area contributed by atoms with Crippen molar-refractivity contribution in [3.05, 3.63) is 53.3 Å². The molecule has 5 nitrogen and oxygen atoms in total. The van der Waals surface area contributed by atoms with E-state index in [2.05, 4.69) is 10.4 Å². The van der Waals surface area contributed by atoms with Crippen LogP contribution < -0.4 is 5.32 Å². The van der Waals surface area contributed by atoms with Crippen LogP contribution in [0.3, 0.4) is 0 Å². The van der Waals surface area contributed by atoms with Gasteiger partial charge in [-0.05, 0) is 18.1 Å². The number of carbonyl (C=O) groups is 1. The zero-order valence-electron chi connectivity index (χ0n) is 10.8. The Kier molecular flexibility index (Phi) is 4.30. The smallest absolute Gasteiger partial charge is 0.254 e. The summed E-state index contributed by atoms with van der Waals surface area (Å²) in [6.45, 7) is 3.07. The van der Waals surface area contributed by atoms with Gasteiger partial charge in [0.2, 0.25) is 0 Å². The van der Waals surface area contributed by atoms with Crippen molar-refractivity contribution in [2.45, 2.75) is 26.6 Å². The molecule has 2 aromatic rings. The molecule has 1 aromatic carbocycles. The van der Waals surface area contributed by atoms with Gasteiger partial charge >= 0.3 is 0 Å². The third-order valence-electron chi connectivity index (χ3n) is 2.95. The highest BCUT2D eigenvalue weighted by Gasteiger charge is 2.08. The molecule has 0 saturated carbocycles. The van der Waals surface area contributed by atoms with Crippen molar-refractivity contribution >= 4 is 5.91 Å². The van der Waals surface area contributed by atoms with Gasteiger partial charge in [0.05, 0.1) is 18.4 Å². The summed E-state index contributed by atoms with van der Waals surface area (Å²) in [4.78, 5) is 11.9. The topological polar surface area (TPSA) is 67.2 Å². The fourth-order valence-electron chi connectivity index (χ4n) is 1.82. The minimum absolute atomic E-state index is 0.0280. The molecule has 1 heterocycles. The Bertz CT molecular complexity index is 563. The molecule has 0 unspecified atom stereocenters. The first-order valence-corrected chi connectivity index (χ1v) is 6.23. The van der Waals surface area contributed by atoms with Crippen LogP contribution in [0.2, 0.25) is 0 Å². The third kappa shape index (κ3) is 3.20. The summed E-state index contributed by atoms with van der Waals surface area (Å²) < 4.78 is 1.70. The second-order valence-corrected chi connectivity index (χ2v) is 4.19. The van der Waals surface area contributed by atoms with Crippen molar-refractivity contribution in [3.63, 3.8) is 0 Å². The second-order valence-electron chi connectivity index (χ2n) is 4.19. The fraction of sp³-hybridized carbons (Fsp3) is 0.286. The molecule has 0 spiro atoms. The van der Waals surface area contributed by atoms with Crippen molar-refractivity contribution in [3.8, 4) is 0 Å². The number of nitrogens with one attached hydrogen (secondary N) is 1. The summed E-state index contributed by atoms with van der Waals surface area (Å²) in [5.74, 6) is -0.160. The van der Waals surface area contributed by atoms with Gasteiger partial charge in [0.25, 0.3) is 5.91 Å². The van der Waals surface area contributed by atoms with Gasteiger partial charge in [0.1, 0.15) is 0 Å². The number of rotatable bonds is 5. The van der Waals surface area contributed by atoms with Crippen LogP contribution in [0.5, 0.6) is 0 Å². The van der Waals surface area contributed by atoms with Gasteiger partial charge < -0.3 is 10.4 Å². The highest BCUT2D eigenvalue weighted by molar-refractivity contribution is 5.93. The van der Waals surface area contributed by atoms with E-state index in [0.29, 0.717) is 12.1 Å². The van der Waals surface area contributed by atoms with E-state index in [0.717, 1.165) is 17.7 Å². The van der Waals surface area contributed by atoms with Gasteiger partial charge in [-0.1, -0.05) is 24.3 Å². The molecule has 0 atom stereocenters. The summed E-state index contributed by atoms with van der Waals surface area (Å²) in [6.07, 6.45) is 3.27. The van der Waals surface area contributed by atoms with Crippen LogP contribution in [-0.2, 0) is 19.7 Å². The Labute approximate surface area is 111 Å². The first kappa shape index (κ1) is 13.3. The molecule has 0 fully saturated rings. The van der Waals surface area contributed by atoms with E-state index < -0.39 is 0 Å². The van der Waals surface area contributed by atoms with Crippen LogP contribution in [0.25, 0.3) is 0 Å². The molecular formula is C14H17N3O2. The highest BCUT2D eigenvalue weighted by Crippen LogP contribution is 2.08. The van der Waals surface area contributed by atoms with E-state index in [-0.39, 0.29) is 12.5 Å². The number of carbonyl (C=O) groups excluding carboxylic acids is 1. The Hall–Kier alpha value is -2.14. The van der Waals surface area contributed by atoms with Crippen LogP contribution in [0.15, 0.2) is 36.7 Å². The van der Waals surface area contributed by atoms with Gasteiger partial charge in [-0.2, -0.15) is 5.10 Å². The molecule has 100 valence electrons. The molecule has 2 rings (SSSR count). The molecule has 0 aliphatic rings. The van der Waals surface area contributed by atoms with E-state index in [1.54, 1.807) is 17.1 Å². The normalized spacial score (nSPS) is 10.4. The van der Waals surface area contributed by atoms with E-state index in [1.165, 1.54) is 0 Å². The number of aromatic nitrogens is 2. The maximum Gasteiger partial charge on any atom is 0.254 e. The van der Waals surface area contributed by atoms with Crippen molar-refractivity contribution in [1.82, 2.24) is 15.1 Å². The molecule has 1 aromatic heterocycles.